The summed E-state index contributed by atoms with van der Waals surface area (Å²) >= 11 is 0. The molecule has 0 aliphatic heterocycles. The van der Waals surface area contributed by atoms with Crippen LogP contribution >= 0.6 is 0 Å². The van der Waals surface area contributed by atoms with Crippen LogP contribution < -0.4 is 20.3 Å². The van der Waals surface area contributed by atoms with Crippen LogP contribution in [-0.4, -0.2) is 25.5 Å². The lowest BCUT2D eigenvalue weighted by Crippen LogP contribution is -2.41. The van der Waals surface area contributed by atoms with Crippen molar-refractivity contribution in [2.75, 3.05) is 13.7 Å². The van der Waals surface area contributed by atoms with E-state index in [-0.39, 0.29) is 5.76 Å². The molecule has 0 aliphatic rings. The third-order valence-corrected chi connectivity index (χ3v) is 3.54. The van der Waals surface area contributed by atoms with Crippen molar-refractivity contribution in [3.63, 3.8) is 0 Å². The maximum Gasteiger partial charge on any atom is 0.305 e. The highest BCUT2D eigenvalue weighted by molar-refractivity contribution is 5.98. The highest BCUT2D eigenvalue weighted by Gasteiger charge is 2.15. The molecule has 0 fully saturated rings. The van der Waals surface area contributed by atoms with Crippen molar-refractivity contribution in [3.8, 4) is 11.5 Å². The lowest BCUT2D eigenvalue weighted by atomic mass is 10.2. The second-order valence-corrected chi connectivity index (χ2v) is 5.41. The summed E-state index contributed by atoms with van der Waals surface area (Å²) in [6.45, 7) is 4.39. The predicted octanol–water partition coefficient (Wildman–Crippen LogP) is 2.85. The SMILES string of the molecule is CCCCOc1ccc(C(=O)NNC(=O)c2occc2C)cc1OC. The predicted molar refractivity (Wildman–Crippen MR) is 91.8 cm³/mol. The van der Waals surface area contributed by atoms with Gasteiger partial charge in [0.25, 0.3) is 5.91 Å². The van der Waals surface area contributed by atoms with E-state index in [2.05, 4.69) is 17.8 Å². The zero-order chi connectivity index (χ0) is 18.2. The Hall–Kier alpha value is -2.96. The number of furan rings is 1. The summed E-state index contributed by atoms with van der Waals surface area (Å²) in [7, 11) is 1.51. The van der Waals surface area contributed by atoms with Gasteiger partial charge in [-0.1, -0.05) is 13.3 Å². The van der Waals surface area contributed by atoms with Gasteiger partial charge in [-0.25, -0.2) is 0 Å². The molecule has 0 saturated heterocycles. The summed E-state index contributed by atoms with van der Waals surface area (Å²) in [4.78, 5) is 24.1. The number of unbranched alkanes of at least 4 members (excludes halogenated alkanes) is 1. The molecule has 2 rings (SSSR count). The number of methoxy groups -OCH3 is 1. The number of amides is 2. The van der Waals surface area contributed by atoms with Gasteiger partial charge in [-0.3, -0.25) is 20.4 Å². The van der Waals surface area contributed by atoms with Crippen molar-refractivity contribution in [1.82, 2.24) is 10.9 Å². The van der Waals surface area contributed by atoms with E-state index in [1.54, 1.807) is 31.2 Å². The topological polar surface area (TPSA) is 89.8 Å². The van der Waals surface area contributed by atoms with Crippen molar-refractivity contribution in [1.29, 1.82) is 0 Å². The van der Waals surface area contributed by atoms with Crippen LogP contribution in [0, 0.1) is 6.92 Å². The molecular formula is C18H22N2O5. The fourth-order valence-electron chi connectivity index (χ4n) is 2.10. The second kappa shape index (κ2) is 8.77. The monoisotopic (exact) mass is 346 g/mol. The number of ether oxygens (including phenoxy) is 2. The van der Waals surface area contributed by atoms with Crippen molar-refractivity contribution in [3.05, 3.63) is 47.4 Å². The van der Waals surface area contributed by atoms with Crippen molar-refractivity contribution < 1.29 is 23.5 Å². The molecule has 0 bridgehead atoms. The van der Waals surface area contributed by atoms with Crippen LogP contribution in [0.5, 0.6) is 11.5 Å². The van der Waals surface area contributed by atoms with Crippen LogP contribution in [-0.2, 0) is 0 Å². The number of hydrazine groups is 1. The van der Waals surface area contributed by atoms with Gasteiger partial charge in [-0.15, -0.1) is 0 Å². The van der Waals surface area contributed by atoms with Crippen LogP contribution in [0.4, 0.5) is 0 Å². The normalized spacial score (nSPS) is 10.2. The Labute approximate surface area is 146 Å². The lowest BCUT2D eigenvalue weighted by molar-refractivity contribution is 0.0830. The number of hydrogen-bond donors (Lipinski definition) is 2. The maximum atomic E-state index is 12.2. The Balaban J connectivity index is 1.99. The number of hydrogen-bond acceptors (Lipinski definition) is 5. The van der Waals surface area contributed by atoms with E-state index in [1.807, 2.05) is 0 Å². The van der Waals surface area contributed by atoms with Crippen molar-refractivity contribution in [2.45, 2.75) is 26.7 Å². The number of carbonyl (C=O) groups is 2. The summed E-state index contributed by atoms with van der Waals surface area (Å²) in [5.41, 5.74) is 5.67. The van der Waals surface area contributed by atoms with Crippen molar-refractivity contribution in [2.24, 2.45) is 0 Å². The molecule has 25 heavy (non-hydrogen) atoms. The number of carbonyl (C=O) groups excluding carboxylic acids is 2. The molecule has 0 aliphatic carbocycles. The van der Waals surface area contributed by atoms with Gasteiger partial charge in [0.05, 0.1) is 20.0 Å². The van der Waals surface area contributed by atoms with Crippen LogP contribution in [0.1, 0.15) is 46.2 Å². The van der Waals surface area contributed by atoms with Crippen LogP contribution in [0.25, 0.3) is 0 Å². The number of benzene rings is 1. The molecule has 0 atom stereocenters. The minimum absolute atomic E-state index is 0.151. The highest BCUT2D eigenvalue weighted by atomic mass is 16.5. The van der Waals surface area contributed by atoms with Crippen molar-refractivity contribution >= 4 is 11.8 Å². The molecule has 1 aromatic carbocycles. The molecule has 2 N–H and O–H groups in total. The van der Waals surface area contributed by atoms with Crippen LogP contribution in [0.3, 0.4) is 0 Å². The van der Waals surface area contributed by atoms with Crippen LogP contribution in [0.2, 0.25) is 0 Å². The van der Waals surface area contributed by atoms with E-state index in [0.29, 0.717) is 29.2 Å². The van der Waals surface area contributed by atoms with Gasteiger partial charge in [-0.05, 0) is 37.6 Å². The smallest absolute Gasteiger partial charge is 0.305 e. The first kappa shape index (κ1) is 18.4. The van der Waals surface area contributed by atoms with E-state index in [4.69, 9.17) is 13.9 Å². The average molecular weight is 346 g/mol. The fourth-order valence-corrected chi connectivity index (χ4v) is 2.10. The van der Waals surface area contributed by atoms with E-state index in [0.717, 1.165) is 12.8 Å². The van der Waals surface area contributed by atoms with Gasteiger partial charge in [-0.2, -0.15) is 0 Å². The largest absolute Gasteiger partial charge is 0.493 e. The summed E-state index contributed by atoms with van der Waals surface area (Å²) in [5, 5.41) is 0. The number of nitrogens with one attached hydrogen (secondary N) is 2. The first-order chi connectivity index (χ1) is 12.1. The molecule has 0 spiro atoms. The Morgan fingerprint density at radius 3 is 2.52 bits per heavy atom. The third-order valence-electron chi connectivity index (χ3n) is 3.54. The standard InChI is InChI=1S/C18H22N2O5/c1-4-5-9-24-14-7-6-13(11-15(14)23-3)17(21)19-20-18(22)16-12(2)8-10-25-16/h6-8,10-11H,4-5,9H2,1-3H3,(H,19,21)(H,20,22). The Kier molecular flexibility index (Phi) is 6.45. The van der Waals surface area contributed by atoms with Gasteiger partial charge in [0.15, 0.2) is 17.3 Å². The first-order valence-corrected chi connectivity index (χ1v) is 8.02. The fraction of sp³-hybridized carbons (Fsp3) is 0.333. The van der Waals surface area contributed by atoms with E-state index in [1.165, 1.54) is 13.4 Å². The number of aryl methyl sites for hydroxylation is 1. The van der Waals surface area contributed by atoms with E-state index < -0.39 is 11.8 Å². The Morgan fingerprint density at radius 2 is 1.88 bits per heavy atom. The zero-order valence-electron chi connectivity index (χ0n) is 14.5. The molecule has 7 heteroatoms. The zero-order valence-corrected chi connectivity index (χ0v) is 14.5. The van der Waals surface area contributed by atoms with Gasteiger partial charge >= 0.3 is 5.91 Å². The minimum Gasteiger partial charge on any atom is -0.493 e. The lowest BCUT2D eigenvalue weighted by Gasteiger charge is -2.12. The van der Waals surface area contributed by atoms with Gasteiger partial charge in [0.2, 0.25) is 0 Å². The minimum atomic E-state index is -0.526. The summed E-state index contributed by atoms with van der Waals surface area (Å²) < 4.78 is 15.9. The second-order valence-electron chi connectivity index (χ2n) is 5.41. The van der Waals surface area contributed by atoms with Gasteiger partial charge in [0.1, 0.15) is 0 Å². The summed E-state index contributed by atoms with van der Waals surface area (Å²) in [6, 6.07) is 6.49. The molecule has 0 saturated carbocycles. The molecular weight excluding hydrogens is 324 g/mol. The molecule has 1 heterocycles. The first-order valence-electron chi connectivity index (χ1n) is 8.02. The average Bonchev–Trinajstić information content (AvgIpc) is 3.05. The number of rotatable bonds is 7. The molecule has 1 aromatic heterocycles. The van der Waals surface area contributed by atoms with Gasteiger partial charge in [0, 0.05) is 11.1 Å². The van der Waals surface area contributed by atoms with Crippen LogP contribution in [0.15, 0.2) is 34.9 Å². The molecule has 0 unspecified atom stereocenters. The molecule has 7 nitrogen and oxygen atoms in total. The quantitative estimate of drug-likeness (QED) is 0.594. The molecule has 0 radical (unpaired) electrons. The molecule has 2 amide bonds. The summed E-state index contributed by atoms with van der Waals surface area (Å²) in [6.07, 6.45) is 3.37. The Morgan fingerprint density at radius 1 is 1.12 bits per heavy atom. The van der Waals surface area contributed by atoms with E-state index >= 15 is 0 Å². The highest BCUT2D eigenvalue weighted by Crippen LogP contribution is 2.28. The molecule has 2 aromatic rings. The van der Waals surface area contributed by atoms with Gasteiger partial charge < -0.3 is 13.9 Å². The third kappa shape index (κ3) is 4.76. The molecule has 134 valence electrons. The Bertz CT molecular complexity index is 739. The van der Waals surface area contributed by atoms with E-state index in [9.17, 15) is 9.59 Å². The summed E-state index contributed by atoms with van der Waals surface area (Å²) in [5.74, 6) is 0.176. The maximum absolute atomic E-state index is 12.2.